The van der Waals surface area contributed by atoms with Crippen LogP contribution in [-0.4, -0.2) is 15.7 Å². The van der Waals surface area contributed by atoms with Crippen molar-refractivity contribution in [1.82, 2.24) is 9.13 Å². The van der Waals surface area contributed by atoms with Crippen molar-refractivity contribution < 1.29 is 0 Å². The van der Waals surface area contributed by atoms with E-state index in [9.17, 15) is 9.59 Å². The lowest BCUT2D eigenvalue weighted by atomic mass is 10.4. The molecule has 0 unspecified atom stereocenters. The molecule has 1 rings (SSSR count). The predicted octanol–water partition coefficient (Wildman–Crippen LogP) is -1.19. The maximum absolute atomic E-state index is 11.4. The summed E-state index contributed by atoms with van der Waals surface area (Å²) in [4.78, 5) is 22.8. The van der Waals surface area contributed by atoms with Crippen LogP contribution in [0, 0.1) is 6.92 Å². The molecule has 0 atom stereocenters. The first-order chi connectivity index (χ1) is 6.07. The van der Waals surface area contributed by atoms with E-state index in [1.165, 1.54) is 10.8 Å². The summed E-state index contributed by atoms with van der Waals surface area (Å²) in [6.45, 7) is 2.24. The summed E-state index contributed by atoms with van der Waals surface area (Å²) in [6, 6.07) is 0. The molecule has 0 amide bonds. The number of nitrogens with two attached hydrogens (primary N) is 1. The van der Waals surface area contributed by atoms with Crippen molar-refractivity contribution in [3.8, 4) is 0 Å². The van der Waals surface area contributed by atoms with Gasteiger partial charge in [0.2, 0.25) is 0 Å². The fraction of sp³-hybridized carbons (Fsp3) is 0.500. The lowest BCUT2D eigenvalue weighted by molar-refractivity contribution is 0.592. The zero-order chi connectivity index (χ0) is 10.0. The van der Waals surface area contributed by atoms with Crippen LogP contribution in [0.2, 0.25) is 0 Å². The quantitative estimate of drug-likeness (QED) is 0.627. The number of hydrogen-bond donors (Lipinski definition) is 1. The second kappa shape index (κ2) is 3.57. The molecule has 0 saturated carbocycles. The average molecular weight is 183 g/mol. The summed E-state index contributed by atoms with van der Waals surface area (Å²) in [7, 11) is 1.61. The van der Waals surface area contributed by atoms with Gasteiger partial charge >= 0.3 is 5.69 Å². The van der Waals surface area contributed by atoms with E-state index in [4.69, 9.17) is 5.73 Å². The maximum atomic E-state index is 11.4. The zero-order valence-electron chi connectivity index (χ0n) is 7.78. The van der Waals surface area contributed by atoms with Gasteiger partial charge in [0.1, 0.15) is 0 Å². The molecular weight excluding hydrogens is 170 g/mol. The summed E-state index contributed by atoms with van der Waals surface area (Å²) >= 11 is 0. The summed E-state index contributed by atoms with van der Waals surface area (Å²) in [5.74, 6) is 0. The van der Waals surface area contributed by atoms with Crippen LogP contribution in [0.25, 0.3) is 0 Å². The molecular formula is C8H13N3O2. The Morgan fingerprint density at radius 2 is 2.08 bits per heavy atom. The van der Waals surface area contributed by atoms with E-state index in [1.54, 1.807) is 14.0 Å². The molecule has 1 aromatic rings. The molecule has 0 radical (unpaired) electrons. The van der Waals surface area contributed by atoms with E-state index in [0.717, 1.165) is 4.57 Å². The summed E-state index contributed by atoms with van der Waals surface area (Å²) in [6.07, 6.45) is 1.53. The van der Waals surface area contributed by atoms with E-state index in [1.807, 2.05) is 0 Å². The molecule has 0 spiro atoms. The Balaban J connectivity index is 3.47. The number of hydrogen-bond acceptors (Lipinski definition) is 3. The standard InChI is InChI=1S/C8H13N3O2/c1-6-5-10(2)8(13)11(4-3-9)7(6)12/h5H,3-4,9H2,1-2H3. The third-order valence-corrected chi connectivity index (χ3v) is 1.86. The molecule has 1 heterocycles. The van der Waals surface area contributed by atoms with E-state index < -0.39 is 0 Å². The Bertz CT molecular complexity index is 382. The van der Waals surface area contributed by atoms with Gasteiger partial charge < -0.3 is 10.3 Å². The number of aromatic nitrogens is 2. The fourth-order valence-electron chi connectivity index (χ4n) is 1.22. The predicted molar refractivity (Wildman–Crippen MR) is 49.7 cm³/mol. The van der Waals surface area contributed by atoms with Crippen molar-refractivity contribution in [3.63, 3.8) is 0 Å². The Morgan fingerprint density at radius 1 is 1.46 bits per heavy atom. The second-order valence-corrected chi connectivity index (χ2v) is 2.95. The molecule has 13 heavy (non-hydrogen) atoms. The summed E-state index contributed by atoms with van der Waals surface area (Å²) < 4.78 is 2.53. The first-order valence-corrected chi connectivity index (χ1v) is 4.05. The minimum Gasteiger partial charge on any atom is -0.329 e. The van der Waals surface area contributed by atoms with Gasteiger partial charge in [-0.05, 0) is 6.92 Å². The van der Waals surface area contributed by atoms with Crippen molar-refractivity contribution in [1.29, 1.82) is 0 Å². The van der Waals surface area contributed by atoms with Crippen LogP contribution >= 0.6 is 0 Å². The molecule has 0 bridgehead atoms. The lowest BCUT2D eigenvalue weighted by Crippen LogP contribution is -2.41. The van der Waals surface area contributed by atoms with Gasteiger partial charge in [-0.15, -0.1) is 0 Å². The van der Waals surface area contributed by atoms with Crippen LogP contribution < -0.4 is 17.0 Å². The van der Waals surface area contributed by atoms with Gasteiger partial charge in [0.05, 0.1) is 0 Å². The number of nitrogens with zero attached hydrogens (tertiary/aromatic N) is 2. The highest BCUT2D eigenvalue weighted by molar-refractivity contribution is 5.02. The van der Waals surface area contributed by atoms with Crippen LogP contribution in [0.1, 0.15) is 5.56 Å². The molecule has 2 N–H and O–H groups in total. The molecule has 5 heteroatoms. The molecule has 0 fully saturated rings. The smallest absolute Gasteiger partial charge is 0.329 e. The third-order valence-electron chi connectivity index (χ3n) is 1.86. The maximum Gasteiger partial charge on any atom is 0.330 e. The van der Waals surface area contributed by atoms with Crippen LogP contribution in [0.15, 0.2) is 15.8 Å². The highest BCUT2D eigenvalue weighted by Gasteiger charge is 2.04. The normalized spacial score (nSPS) is 10.4. The largest absolute Gasteiger partial charge is 0.330 e. The Hall–Kier alpha value is -1.36. The van der Waals surface area contributed by atoms with Crippen LogP contribution in [0.5, 0.6) is 0 Å². The van der Waals surface area contributed by atoms with E-state index >= 15 is 0 Å². The first-order valence-electron chi connectivity index (χ1n) is 4.05. The second-order valence-electron chi connectivity index (χ2n) is 2.95. The Morgan fingerprint density at radius 3 is 2.62 bits per heavy atom. The van der Waals surface area contributed by atoms with E-state index in [2.05, 4.69) is 0 Å². The van der Waals surface area contributed by atoms with Gasteiger partial charge in [-0.3, -0.25) is 9.36 Å². The van der Waals surface area contributed by atoms with E-state index in [0.29, 0.717) is 12.1 Å². The number of aryl methyl sites for hydroxylation is 2. The molecule has 0 aliphatic carbocycles. The van der Waals surface area contributed by atoms with Crippen LogP contribution in [-0.2, 0) is 13.6 Å². The topological polar surface area (TPSA) is 70.0 Å². The first kappa shape index (κ1) is 9.73. The van der Waals surface area contributed by atoms with Gasteiger partial charge in [0.25, 0.3) is 5.56 Å². The monoisotopic (exact) mass is 183 g/mol. The van der Waals surface area contributed by atoms with E-state index in [-0.39, 0.29) is 17.8 Å². The fourth-order valence-corrected chi connectivity index (χ4v) is 1.22. The molecule has 0 saturated heterocycles. The minimum absolute atomic E-state index is 0.256. The van der Waals surface area contributed by atoms with Crippen molar-refractivity contribution >= 4 is 0 Å². The molecule has 0 aromatic carbocycles. The highest BCUT2D eigenvalue weighted by atomic mass is 16.2. The van der Waals surface area contributed by atoms with Crippen molar-refractivity contribution in [3.05, 3.63) is 32.6 Å². The number of rotatable bonds is 2. The Kier molecular flexibility index (Phi) is 2.67. The summed E-state index contributed by atoms with van der Waals surface area (Å²) in [5, 5.41) is 0. The Labute approximate surface area is 75.4 Å². The highest BCUT2D eigenvalue weighted by Crippen LogP contribution is 1.82. The SMILES string of the molecule is Cc1cn(C)c(=O)n(CCN)c1=O. The van der Waals surface area contributed by atoms with Crippen LogP contribution in [0.4, 0.5) is 0 Å². The van der Waals surface area contributed by atoms with Gasteiger partial charge in [0.15, 0.2) is 0 Å². The van der Waals surface area contributed by atoms with Crippen LogP contribution in [0.3, 0.4) is 0 Å². The van der Waals surface area contributed by atoms with Gasteiger partial charge in [-0.2, -0.15) is 0 Å². The molecule has 72 valence electrons. The molecule has 0 aliphatic heterocycles. The average Bonchev–Trinajstić information content (AvgIpc) is 2.09. The van der Waals surface area contributed by atoms with Gasteiger partial charge in [-0.25, -0.2) is 4.79 Å². The minimum atomic E-state index is -0.318. The lowest BCUT2D eigenvalue weighted by Gasteiger charge is -2.06. The summed E-state index contributed by atoms with van der Waals surface area (Å²) in [5.41, 5.74) is 5.27. The van der Waals surface area contributed by atoms with Gasteiger partial charge in [0, 0.05) is 31.9 Å². The zero-order valence-corrected chi connectivity index (χ0v) is 7.78. The molecule has 1 aromatic heterocycles. The van der Waals surface area contributed by atoms with Crippen molar-refractivity contribution in [2.45, 2.75) is 13.5 Å². The molecule has 0 aliphatic rings. The van der Waals surface area contributed by atoms with Gasteiger partial charge in [-0.1, -0.05) is 0 Å². The van der Waals surface area contributed by atoms with Crippen molar-refractivity contribution in [2.75, 3.05) is 6.54 Å². The third kappa shape index (κ3) is 1.70. The van der Waals surface area contributed by atoms with Crippen molar-refractivity contribution in [2.24, 2.45) is 12.8 Å². The molecule has 5 nitrogen and oxygen atoms in total.